The molecule has 0 fully saturated rings. The molecule has 1 heterocycles. The van der Waals surface area contributed by atoms with E-state index in [1.54, 1.807) is 0 Å². The zero-order valence-electron chi connectivity index (χ0n) is 14.9. The third kappa shape index (κ3) is 4.82. The van der Waals surface area contributed by atoms with Gasteiger partial charge >= 0.3 is 0 Å². The van der Waals surface area contributed by atoms with E-state index in [1.807, 2.05) is 64.1 Å². The normalized spacial score (nSPS) is 9.43. The van der Waals surface area contributed by atoms with Crippen molar-refractivity contribution in [3.8, 4) is 0 Å². The number of nitrogens with two attached hydrogens (primary N) is 1. The maximum absolute atomic E-state index is 6.01. The van der Waals surface area contributed by atoms with E-state index in [9.17, 15) is 0 Å². The molecule has 0 radical (unpaired) electrons. The number of nitrogen functional groups attached to an aromatic ring is 1. The zero-order valence-corrected chi connectivity index (χ0v) is 14.9. The number of benzene rings is 2. The van der Waals surface area contributed by atoms with E-state index in [4.69, 9.17) is 5.73 Å². The van der Waals surface area contributed by atoms with E-state index in [0.717, 1.165) is 28.9 Å². The van der Waals surface area contributed by atoms with Crippen LogP contribution in [-0.2, 0) is 6.42 Å². The Morgan fingerprint density at radius 1 is 0.826 bits per heavy atom. The Hall–Kier alpha value is -2.35. The number of aryl methyl sites for hydroxylation is 1. The monoisotopic (exact) mass is 308 g/mol. The highest BCUT2D eigenvalue weighted by Gasteiger charge is 2.06. The standard InChI is InChI=1S/C17H16N2.2C2H6/c1-12-15(10-13-6-2-4-8-16(13)18)11-14-7-3-5-9-17(14)19-12;2*1-2/h2-9,11H,10,18H2,1H3;2*1-2H3. The molecule has 0 saturated heterocycles. The summed E-state index contributed by atoms with van der Waals surface area (Å²) in [5.74, 6) is 0. The molecular weight excluding hydrogens is 280 g/mol. The molecular formula is C21H28N2. The largest absolute Gasteiger partial charge is 0.398 e. The molecule has 0 aliphatic rings. The lowest BCUT2D eigenvalue weighted by atomic mass is 10.0. The smallest absolute Gasteiger partial charge is 0.0705 e. The van der Waals surface area contributed by atoms with Crippen molar-refractivity contribution < 1.29 is 0 Å². The summed E-state index contributed by atoms with van der Waals surface area (Å²) in [4.78, 5) is 4.66. The Labute approximate surface area is 140 Å². The van der Waals surface area contributed by atoms with Gasteiger partial charge in [-0.15, -0.1) is 0 Å². The second-order valence-electron chi connectivity index (χ2n) is 4.80. The molecule has 0 unspecified atom stereocenters. The number of fused-ring (bicyclic) bond motifs is 1. The number of hydrogen-bond donors (Lipinski definition) is 1. The van der Waals surface area contributed by atoms with E-state index in [2.05, 4.69) is 30.1 Å². The Balaban J connectivity index is 0.000000615. The minimum Gasteiger partial charge on any atom is -0.398 e. The summed E-state index contributed by atoms with van der Waals surface area (Å²) >= 11 is 0. The first-order valence-corrected chi connectivity index (χ1v) is 8.43. The number of nitrogens with zero attached hydrogens (tertiary/aromatic N) is 1. The molecule has 2 aromatic carbocycles. The van der Waals surface area contributed by atoms with Crippen molar-refractivity contribution in [3.05, 3.63) is 71.4 Å². The summed E-state index contributed by atoms with van der Waals surface area (Å²) in [6.45, 7) is 10.1. The first kappa shape index (κ1) is 18.7. The van der Waals surface area contributed by atoms with Crippen molar-refractivity contribution in [3.63, 3.8) is 0 Å². The van der Waals surface area contributed by atoms with Crippen molar-refractivity contribution >= 4 is 16.6 Å². The molecule has 23 heavy (non-hydrogen) atoms. The minimum absolute atomic E-state index is 0.830. The molecule has 0 amide bonds. The van der Waals surface area contributed by atoms with Crippen LogP contribution in [0.1, 0.15) is 44.5 Å². The maximum atomic E-state index is 6.01. The van der Waals surface area contributed by atoms with E-state index in [0.29, 0.717) is 0 Å². The van der Waals surface area contributed by atoms with Gasteiger partial charge < -0.3 is 5.73 Å². The molecule has 122 valence electrons. The van der Waals surface area contributed by atoms with Gasteiger partial charge in [0.25, 0.3) is 0 Å². The van der Waals surface area contributed by atoms with Gasteiger partial charge in [-0.1, -0.05) is 64.1 Å². The summed E-state index contributed by atoms with van der Waals surface area (Å²) in [5, 5.41) is 1.18. The van der Waals surface area contributed by atoms with Gasteiger partial charge in [0, 0.05) is 23.2 Å². The molecule has 0 bridgehead atoms. The summed E-state index contributed by atoms with van der Waals surface area (Å²) in [6, 6.07) is 18.4. The Bertz CT molecular complexity index is 733. The van der Waals surface area contributed by atoms with Crippen molar-refractivity contribution in [2.75, 3.05) is 5.73 Å². The summed E-state index contributed by atoms with van der Waals surface area (Å²) in [5.41, 5.74) is 11.4. The average Bonchev–Trinajstić information content (AvgIpc) is 2.61. The van der Waals surface area contributed by atoms with Gasteiger partial charge in [0.2, 0.25) is 0 Å². The summed E-state index contributed by atoms with van der Waals surface area (Å²) in [6.07, 6.45) is 0.830. The van der Waals surface area contributed by atoms with Crippen LogP contribution in [0.15, 0.2) is 54.6 Å². The van der Waals surface area contributed by atoms with Crippen LogP contribution in [0.5, 0.6) is 0 Å². The Morgan fingerprint density at radius 2 is 1.43 bits per heavy atom. The summed E-state index contributed by atoms with van der Waals surface area (Å²) in [7, 11) is 0. The predicted molar refractivity (Wildman–Crippen MR) is 103 cm³/mol. The van der Waals surface area contributed by atoms with Gasteiger partial charge in [-0.2, -0.15) is 0 Å². The van der Waals surface area contributed by atoms with Crippen LogP contribution in [0, 0.1) is 6.92 Å². The van der Waals surface area contributed by atoms with Crippen LogP contribution in [-0.4, -0.2) is 4.98 Å². The fraction of sp³-hybridized carbons (Fsp3) is 0.286. The number of aromatic nitrogens is 1. The molecule has 0 spiro atoms. The molecule has 2 N–H and O–H groups in total. The van der Waals surface area contributed by atoms with Gasteiger partial charge in [0.15, 0.2) is 0 Å². The van der Waals surface area contributed by atoms with Crippen LogP contribution >= 0.6 is 0 Å². The number of pyridine rings is 1. The highest BCUT2D eigenvalue weighted by Crippen LogP contribution is 2.21. The molecule has 0 aliphatic heterocycles. The first-order chi connectivity index (χ1) is 11.2. The second kappa shape index (κ2) is 9.62. The van der Waals surface area contributed by atoms with Gasteiger partial charge in [-0.25, -0.2) is 0 Å². The fourth-order valence-electron chi connectivity index (χ4n) is 2.34. The molecule has 3 rings (SSSR count). The zero-order chi connectivity index (χ0) is 17.2. The maximum Gasteiger partial charge on any atom is 0.0705 e. The number of anilines is 1. The van der Waals surface area contributed by atoms with E-state index >= 15 is 0 Å². The topological polar surface area (TPSA) is 38.9 Å². The quantitative estimate of drug-likeness (QED) is 0.610. The first-order valence-electron chi connectivity index (χ1n) is 8.43. The highest BCUT2D eigenvalue weighted by atomic mass is 14.7. The lowest BCUT2D eigenvalue weighted by molar-refractivity contribution is 1.11. The highest BCUT2D eigenvalue weighted by molar-refractivity contribution is 5.79. The van der Waals surface area contributed by atoms with Crippen molar-refractivity contribution in [2.24, 2.45) is 0 Å². The second-order valence-corrected chi connectivity index (χ2v) is 4.80. The van der Waals surface area contributed by atoms with Crippen molar-refractivity contribution in [2.45, 2.75) is 41.0 Å². The molecule has 0 aliphatic carbocycles. The van der Waals surface area contributed by atoms with E-state index in [-0.39, 0.29) is 0 Å². The Kier molecular flexibility index (Phi) is 7.82. The average molecular weight is 308 g/mol. The lowest BCUT2D eigenvalue weighted by Gasteiger charge is -2.09. The van der Waals surface area contributed by atoms with Gasteiger partial charge in [0.1, 0.15) is 0 Å². The number of para-hydroxylation sites is 2. The SMILES string of the molecule is CC.CC.Cc1nc2ccccc2cc1Cc1ccccc1N. The lowest BCUT2D eigenvalue weighted by Crippen LogP contribution is -1.99. The third-order valence-corrected chi connectivity index (χ3v) is 3.46. The van der Waals surface area contributed by atoms with Crippen LogP contribution < -0.4 is 5.73 Å². The van der Waals surface area contributed by atoms with Gasteiger partial charge in [0.05, 0.1) is 5.52 Å². The van der Waals surface area contributed by atoms with E-state index < -0.39 is 0 Å². The van der Waals surface area contributed by atoms with Crippen molar-refractivity contribution in [1.82, 2.24) is 4.98 Å². The minimum atomic E-state index is 0.830. The van der Waals surface area contributed by atoms with Crippen LogP contribution in [0.2, 0.25) is 0 Å². The molecule has 3 aromatic rings. The fourth-order valence-corrected chi connectivity index (χ4v) is 2.34. The number of hydrogen-bond acceptors (Lipinski definition) is 2. The third-order valence-electron chi connectivity index (χ3n) is 3.46. The molecule has 2 nitrogen and oxygen atoms in total. The summed E-state index contributed by atoms with van der Waals surface area (Å²) < 4.78 is 0. The van der Waals surface area contributed by atoms with Gasteiger partial charge in [-0.3, -0.25) is 4.98 Å². The van der Waals surface area contributed by atoms with Crippen LogP contribution in [0.4, 0.5) is 5.69 Å². The Morgan fingerprint density at radius 3 is 2.13 bits per heavy atom. The molecule has 2 heteroatoms. The molecule has 0 saturated carbocycles. The predicted octanol–water partition coefficient (Wildman–Crippen LogP) is 5.77. The van der Waals surface area contributed by atoms with Crippen LogP contribution in [0.25, 0.3) is 10.9 Å². The van der Waals surface area contributed by atoms with Gasteiger partial charge in [-0.05, 0) is 36.2 Å². The molecule has 0 atom stereocenters. The number of rotatable bonds is 2. The molecule has 1 aromatic heterocycles. The van der Waals surface area contributed by atoms with Crippen molar-refractivity contribution in [1.29, 1.82) is 0 Å². The van der Waals surface area contributed by atoms with E-state index in [1.165, 1.54) is 10.9 Å². The van der Waals surface area contributed by atoms with Crippen LogP contribution in [0.3, 0.4) is 0 Å².